The SMILES string of the molecule is COc1ccc(C(=O)NC(=NCCc2c(C)nn(C)c2C)Nc2ccc3c(c2)OCCO3)cc1OC. The molecule has 10 nitrogen and oxygen atoms in total. The number of carbonyl (C=O) groups is 1. The fraction of sp³-hybridized carbons (Fsp3) is 0.346. The molecule has 1 aliphatic heterocycles. The zero-order chi connectivity index (χ0) is 25.7. The monoisotopic (exact) mass is 493 g/mol. The van der Waals surface area contributed by atoms with E-state index in [1.165, 1.54) is 7.11 Å². The van der Waals surface area contributed by atoms with Crippen molar-refractivity contribution >= 4 is 17.6 Å². The van der Waals surface area contributed by atoms with Crippen molar-refractivity contribution in [3.8, 4) is 23.0 Å². The van der Waals surface area contributed by atoms with Crippen LogP contribution in [-0.2, 0) is 13.5 Å². The third kappa shape index (κ3) is 5.54. The van der Waals surface area contributed by atoms with Crippen LogP contribution in [0.3, 0.4) is 0 Å². The number of carbonyl (C=O) groups excluding carboxylic acids is 1. The molecule has 0 saturated carbocycles. The van der Waals surface area contributed by atoms with Gasteiger partial charge in [0.1, 0.15) is 13.2 Å². The zero-order valence-electron chi connectivity index (χ0n) is 21.2. The van der Waals surface area contributed by atoms with E-state index in [0.717, 1.165) is 17.0 Å². The Bertz CT molecular complexity index is 1280. The average Bonchev–Trinajstić information content (AvgIpc) is 3.13. The van der Waals surface area contributed by atoms with Crippen LogP contribution in [0.1, 0.15) is 27.3 Å². The van der Waals surface area contributed by atoms with Crippen LogP contribution >= 0.6 is 0 Å². The predicted molar refractivity (Wildman–Crippen MR) is 137 cm³/mol. The molecule has 36 heavy (non-hydrogen) atoms. The molecule has 0 fully saturated rings. The average molecular weight is 494 g/mol. The summed E-state index contributed by atoms with van der Waals surface area (Å²) in [5.41, 5.74) is 4.33. The second-order valence-corrected chi connectivity index (χ2v) is 8.26. The number of hydrogen-bond donors (Lipinski definition) is 2. The van der Waals surface area contributed by atoms with E-state index < -0.39 is 0 Å². The van der Waals surface area contributed by atoms with Gasteiger partial charge in [0, 0.05) is 36.6 Å². The summed E-state index contributed by atoms with van der Waals surface area (Å²) in [6.45, 7) is 5.47. The van der Waals surface area contributed by atoms with E-state index in [4.69, 9.17) is 18.9 Å². The van der Waals surface area contributed by atoms with Crippen molar-refractivity contribution in [2.75, 3.05) is 39.3 Å². The van der Waals surface area contributed by atoms with E-state index in [9.17, 15) is 4.79 Å². The van der Waals surface area contributed by atoms with Gasteiger partial charge < -0.3 is 24.3 Å². The molecule has 10 heteroatoms. The molecular formula is C26H31N5O5. The molecule has 0 unspecified atom stereocenters. The molecule has 1 aliphatic rings. The molecule has 1 aromatic heterocycles. The van der Waals surface area contributed by atoms with Gasteiger partial charge in [-0.05, 0) is 56.2 Å². The van der Waals surface area contributed by atoms with Gasteiger partial charge in [-0.3, -0.25) is 19.8 Å². The van der Waals surface area contributed by atoms with Crippen LogP contribution in [0.15, 0.2) is 41.4 Å². The van der Waals surface area contributed by atoms with Crippen molar-refractivity contribution in [2.24, 2.45) is 12.0 Å². The van der Waals surface area contributed by atoms with E-state index in [2.05, 4.69) is 20.7 Å². The minimum atomic E-state index is -0.339. The molecular weight excluding hydrogens is 462 g/mol. The Morgan fingerprint density at radius 2 is 1.81 bits per heavy atom. The Kier molecular flexibility index (Phi) is 7.62. The zero-order valence-corrected chi connectivity index (χ0v) is 21.2. The second kappa shape index (κ2) is 11.0. The summed E-state index contributed by atoms with van der Waals surface area (Å²) >= 11 is 0. The highest BCUT2D eigenvalue weighted by Crippen LogP contribution is 2.32. The Morgan fingerprint density at radius 3 is 2.50 bits per heavy atom. The van der Waals surface area contributed by atoms with Gasteiger partial charge in [0.15, 0.2) is 23.0 Å². The number of rotatable bonds is 7. The fourth-order valence-electron chi connectivity index (χ4n) is 3.98. The summed E-state index contributed by atoms with van der Waals surface area (Å²) in [5.74, 6) is 2.30. The Morgan fingerprint density at radius 1 is 1.06 bits per heavy atom. The van der Waals surface area contributed by atoms with Crippen LogP contribution in [0.5, 0.6) is 23.0 Å². The molecule has 0 radical (unpaired) electrons. The number of ether oxygens (including phenoxy) is 4. The highest BCUT2D eigenvalue weighted by molar-refractivity contribution is 6.10. The lowest BCUT2D eigenvalue weighted by Gasteiger charge is -2.19. The number of aliphatic imine (C=N–C) groups is 1. The highest BCUT2D eigenvalue weighted by Gasteiger charge is 2.16. The first-order chi connectivity index (χ1) is 17.4. The number of guanidine groups is 1. The van der Waals surface area contributed by atoms with Crippen LogP contribution in [0, 0.1) is 13.8 Å². The third-order valence-corrected chi connectivity index (χ3v) is 5.97. The topological polar surface area (TPSA) is 108 Å². The molecule has 1 amide bonds. The number of aromatic nitrogens is 2. The minimum absolute atomic E-state index is 0.311. The van der Waals surface area contributed by atoms with Gasteiger partial charge in [-0.25, -0.2) is 0 Å². The number of benzene rings is 2. The van der Waals surface area contributed by atoms with Crippen molar-refractivity contribution in [3.63, 3.8) is 0 Å². The summed E-state index contributed by atoms with van der Waals surface area (Å²) in [5, 5.41) is 10.6. The summed E-state index contributed by atoms with van der Waals surface area (Å²) in [6, 6.07) is 10.5. The number of methoxy groups -OCH3 is 2. The van der Waals surface area contributed by atoms with E-state index in [0.29, 0.717) is 66.4 Å². The maximum atomic E-state index is 13.1. The lowest BCUT2D eigenvalue weighted by Crippen LogP contribution is -2.36. The first-order valence-corrected chi connectivity index (χ1v) is 11.6. The molecule has 0 atom stereocenters. The summed E-state index contributed by atoms with van der Waals surface area (Å²) in [4.78, 5) is 17.8. The maximum Gasteiger partial charge on any atom is 0.258 e. The number of aryl methyl sites for hydroxylation is 2. The van der Waals surface area contributed by atoms with Crippen LogP contribution < -0.4 is 29.6 Å². The fourth-order valence-corrected chi connectivity index (χ4v) is 3.98. The number of nitrogens with one attached hydrogen (secondary N) is 2. The lowest BCUT2D eigenvalue weighted by atomic mass is 10.1. The van der Waals surface area contributed by atoms with Crippen LogP contribution in [0.25, 0.3) is 0 Å². The maximum absolute atomic E-state index is 13.1. The van der Waals surface area contributed by atoms with Gasteiger partial charge >= 0.3 is 0 Å². The number of anilines is 1. The largest absolute Gasteiger partial charge is 0.493 e. The van der Waals surface area contributed by atoms with Crippen molar-refractivity contribution in [2.45, 2.75) is 20.3 Å². The van der Waals surface area contributed by atoms with Crippen LogP contribution in [0.2, 0.25) is 0 Å². The minimum Gasteiger partial charge on any atom is -0.493 e. The first-order valence-electron chi connectivity index (χ1n) is 11.6. The lowest BCUT2D eigenvalue weighted by molar-refractivity contribution is 0.0976. The highest BCUT2D eigenvalue weighted by atomic mass is 16.6. The summed E-state index contributed by atoms with van der Waals surface area (Å²) < 4.78 is 23.8. The second-order valence-electron chi connectivity index (χ2n) is 8.26. The molecule has 0 aliphatic carbocycles. The van der Waals surface area contributed by atoms with Gasteiger partial charge in [0.05, 0.1) is 19.9 Å². The van der Waals surface area contributed by atoms with E-state index in [1.807, 2.05) is 43.8 Å². The van der Waals surface area contributed by atoms with Crippen LogP contribution in [0.4, 0.5) is 5.69 Å². The van der Waals surface area contributed by atoms with E-state index >= 15 is 0 Å². The predicted octanol–water partition coefficient (Wildman–Crippen LogP) is 3.27. The van der Waals surface area contributed by atoms with E-state index in [-0.39, 0.29) is 5.91 Å². The van der Waals surface area contributed by atoms with Crippen molar-refractivity contribution in [1.82, 2.24) is 15.1 Å². The van der Waals surface area contributed by atoms with Gasteiger partial charge in [0.2, 0.25) is 5.96 Å². The molecule has 0 saturated heterocycles. The smallest absolute Gasteiger partial charge is 0.258 e. The van der Waals surface area contributed by atoms with Gasteiger partial charge in [-0.1, -0.05) is 0 Å². The number of amides is 1. The Hall–Kier alpha value is -4.21. The third-order valence-electron chi connectivity index (χ3n) is 5.97. The molecule has 2 aromatic carbocycles. The van der Waals surface area contributed by atoms with Crippen molar-refractivity contribution in [3.05, 3.63) is 58.9 Å². The summed E-state index contributed by atoms with van der Waals surface area (Å²) in [6.07, 6.45) is 0.685. The molecule has 2 N–H and O–H groups in total. The molecule has 2 heterocycles. The quantitative estimate of drug-likeness (QED) is 0.384. The Balaban J connectivity index is 1.56. The van der Waals surface area contributed by atoms with Gasteiger partial charge in [-0.2, -0.15) is 5.10 Å². The van der Waals surface area contributed by atoms with Gasteiger partial charge in [-0.15, -0.1) is 0 Å². The molecule has 4 rings (SSSR count). The molecule has 0 bridgehead atoms. The van der Waals surface area contributed by atoms with Crippen LogP contribution in [-0.4, -0.2) is 55.6 Å². The molecule has 0 spiro atoms. The first kappa shape index (κ1) is 24.9. The van der Waals surface area contributed by atoms with Gasteiger partial charge in [0.25, 0.3) is 5.91 Å². The van der Waals surface area contributed by atoms with Crippen molar-refractivity contribution in [1.29, 1.82) is 0 Å². The standard InChI is InChI=1S/C26H31N5O5/c1-16-20(17(2)31(3)30-16)10-11-27-26(28-19-7-9-22-24(15-19)36-13-12-35-22)29-25(32)18-6-8-21(33-4)23(14-18)34-5/h6-9,14-15H,10-13H2,1-5H3,(H2,27,28,29,32). The molecule has 3 aromatic rings. The number of fused-ring (bicyclic) bond motifs is 1. The number of hydrogen-bond acceptors (Lipinski definition) is 7. The summed E-state index contributed by atoms with van der Waals surface area (Å²) in [7, 11) is 5.00. The normalized spacial score (nSPS) is 12.8. The van der Waals surface area contributed by atoms with E-state index in [1.54, 1.807) is 25.3 Å². The molecule has 190 valence electrons. The number of nitrogens with zero attached hydrogens (tertiary/aromatic N) is 3. The van der Waals surface area contributed by atoms with Crippen molar-refractivity contribution < 1.29 is 23.7 Å². The Labute approximate surface area is 210 Å².